The fourth-order valence-corrected chi connectivity index (χ4v) is 5.24. The minimum Gasteiger partial charge on any atom is -0.353 e. The summed E-state index contributed by atoms with van der Waals surface area (Å²) in [6.45, 7) is 5.20. The Labute approximate surface area is 151 Å². The van der Waals surface area contributed by atoms with Crippen molar-refractivity contribution in [2.75, 3.05) is 31.1 Å². The first-order valence-corrected chi connectivity index (χ1v) is 9.81. The smallest absolute Gasteiger partial charge is 0.141 e. The highest BCUT2D eigenvalue weighted by molar-refractivity contribution is 7.19. The van der Waals surface area contributed by atoms with Crippen LogP contribution in [0.25, 0.3) is 10.2 Å². The molecule has 5 rings (SSSR count). The largest absolute Gasteiger partial charge is 0.353 e. The molecule has 1 aliphatic heterocycles. The van der Waals surface area contributed by atoms with E-state index < -0.39 is 0 Å². The van der Waals surface area contributed by atoms with Crippen molar-refractivity contribution in [1.29, 1.82) is 0 Å². The van der Waals surface area contributed by atoms with Crippen LogP contribution in [-0.4, -0.2) is 46.0 Å². The number of aromatic nitrogens is 3. The fourth-order valence-electron chi connectivity index (χ4n) is 4.02. The quantitative estimate of drug-likeness (QED) is 0.726. The van der Waals surface area contributed by atoms with E-state index in [1.165, 1.54) is 45.5 Å². The Morgan fingerprint density at radius 2 is 1.84 bits per heavy atom. The Bertz CT molecular complexity index is 883. The molecule has 1 aliphatic carbocycles. The standard InChI is InChI=1S/C19H21N5S/c1-2-15-16(3-1)25-19-17(15)18(21-13-22-19)24-10-8-23(9-11-24)12-14-4-6-20-7-5-14/h4-7,13H,1-3,8-12H2. The predicted octanol–water partition coefficient (Wildman–Crippen LogP) is 2.90. The van der Waals surface area contributed by atoms with Crippen LogP contribution in [0.4, 0.5) is 5.82 Å². The molecule has 4 heterocycles. The molecule has 0 atom stereocenters. The Kier molecular flexibility index (Phi) is 3.87. The summed E-state index contributed by atoms with van der Waals surface area (Å²) in [4.78, 5) is 21.0. The minimum atomic E-state index is 1.00. The number of piperazine rings is 1. The zero-order valence-corrected chi connectivity index (χ0v) is 15.0. The maximum atomic E-state index is 4.68. The molecule has 0 unspecified atom stereocenters. The van der Waals surface area contributed by atoms with E-state index in [1.54, 1.807) is 6.33 Å². The van der Waals surface area contributed by atoms with Crippen molar-refractivity contribution in [1.82, 2.24) is 19.9 Å². The first kappa shape index (κ1) is 15.2. The fraction of sp³-hybridized carbons (Fsp3) is 0.421. The van der Waals surface area contributed by atoms with Gasteiger partial charge in [-0.05, 0) is 42.5 Å². The lowest BCUT2D eigenvalue weighted by Crippen LogP contribution is -2.46. The van der Waals surface area contributed by atoms with Gasteiger partial charge in [0.25, 0.3) is 0 Å². The van der Waals surface area contributed by atoms with Crippen LogP contribution in [0.3, 0.4) is 0 Å². The number of rotatable bonds is 3. The number of fused-ring (bicyclic) bond motifs is 3. The number of thiophene rings is 1. The first-order chi connectivity index (χ1) is 12.4. The van der Waals surface area contributed by atoms with Crippen LogP contribution in [0.15, 0.2) is 30.9 Å². The number of hydrogen-bond acceptors (Lipinski definition) is 6. The molecule has 0 amide bonds. The molecule has 3 aromatic heterocycles. The summed E-state index contributed by atoms with van der Waals surface area (Å²) in [5.74, 6) is 1.16. The molecule has 1 fully saturated rings. The second-order valence-electron chi connectivity index (χ2n) is 6.85. The summed E-state index contributed by atoms with van der Waals surface area (Å²) in [6, 6.07) is 4.21. The number of hydrogen-bond donors (Lipinski definition) is 0. The van der Waals surface area contributed by atoms with Crippen molar-refractivity contribution >= 4 is 27.4 Å². The Balaban J connectivity index is 1.35. The minimum absolute atomic E-state index is 1.00. The number of nitrogens with zero attached hydrogens (tertiary/aromatic N) is 5. The number of pyridine rings is 1. The predicted molar refractivity (Wildman–Crippen MR) is 101 cm³/mol. The Hall–Kier alpha value is -2.05. The molecule has 128 valence electrons. The van der Waals surface area contributed by atoms with Crippen molar-refractivity contribution in [2.24, 2.45) is 0 Å². The highest BCUT2D eigenvalue weighted by atomic mass is 32.1. The van der Waals surface area contributed by atoms with E-state index in [4.69, 9.17) is 0 Å². The van der Waals surface area contributed by atoms with Crippen molar-refractivity contribution < 1.29 is 0 Å². The molecule has 2 aliphatic rings. The van der Waals surface area contributed by atoms with Gasteiger partial charge in [-0.15, -0.1) is 11.3 Å². The van der Waals surface area contributed by atoms with Crippen molar-refractivity contribution in [2.45, 2.75) is 25.8 Å². The van der Waals surface area contributed by atoms with E-state index in [1.807, 2.05) is 23.7 Å². The number of aryl methyl sites for hydroxylation is 2. The van der Waals surface area contributed by atoms with Gasteiger partial charge in [-0.3, -0.25) is 9.88 Å². The summed E-state index contributed by atoms with van der Waals surface area (Å²) in [7, 11) is 0. The van der Waals surface area contributed by atoms with Gasteiger partial charge in [0.2, 0.25) is 0 Å². The third kappa shape index (κ3) is 2.79. The van der Waals surface area contributed by atoms with Crippen LogP contribution in [0.1, 0.15) is 22.4 Å². The molecular formula is C19H21N5S. The van der Waals surface area contributed by atoms with Gasteiger partial charge in [-0.2, -0.15) is 0 Å². The van der Waals surface area contributed by atoms with E-state index in [2.05, 4.69) is 36.9 Å². The van der Waals surface area contributed by atoms with Gasteiger partial charge < -0.3 is 4.90 Å². The Morgan fingerprint density at radius 1 is 1.00 bits per heavy atom. The lowest BCUT2D eigenvalue weighted by molar-refractivity contribution is 0.249. The second-order valence-corrected chi connectivity index (χ2v) is 7.94. The zero-order chi connectivity index (χ0) is 16.6. The van der Waals surface area contributed by atoms with Gasteiger partial charge in [0.05, 0.1) is 5.39 Å². The van der Waals surface area contributed by atoms with Gasteiger partial charge in [-0.25, -0.2) is 9.97 Å². The molecule has 5 nitrogen and oxygen atoms in total. The molecule has 3 aromatic rings. The third-order valence-corrected chi connectivity index (χ3v) is 6.51. The molecule has 0 N–H and O–H groups in total. The number of anilines is 1. The van der Waals surface area contributed by atoms with E-state index in [-0.39, 0.29) is 0 Å². The van der Waals surface area contributed by atoms with E-state index in [0.29, 0.717) is 0 Å². The maximum absolute atomic E-state index is 4.68. The van der Waals surface area contributed by atoms with E-state index in [0.717, 1.165) is 38.5 Å². The molecular weight excluding hydrogens is 330 g/mol. The lowest BCUT2D eigenvalue weighted by Gasteiger charge is -2.35. The van der Waals surface area contributed by atoms with Gasteiger partial charge in [0.15, 0.2) is 0 Å². The van der Waals surface area contributed by atoms with Gasteiger partial charge in [0, 0.05) is 50.0 Å². The normalized spacial score (nSPS) is 18.0. The zero-order valence-electron chi connectivity index (χ0n) is 14.2. The van der Waals surface area contributed by atoms with Crippen molar-refractivity contribution in [3.8, 4) is 0 Å². The molecule has 1 saturated heterocycles. The average Bonchev–Trinajstić information content (AvgIpc) is 3.24. The SMILES string of the molecule is c1cc(CN2CCN(c3ncnc4sc5c(c34)CCC5)CC2)ccn1. The third-order valence-electron chi connectivity index (χ3n) is 5.31. The van der Waals surface area contributed by atoms with Gasteiger partial charge in [-0.1, -0.05) is 0 Å². The monoisotopic (exact) mass is 351 g/mol. The maximum Gasteiger partial charge on any atom is 0.141 e. The second kappa shape index (κ2) is 6.35. The van der Waals surface area contributed by atoms with Gasteiger partial charge >= 0.3 is 0 Å². The van der Waals surface area contributed by atoms with Crippen LogP contribution in [0, 0.1) is 0 Å². The molecule has 0 saturated carbocycles. The summed E-state index contributed by atoms with van der Waals surface area (Å²) < 4.78 is 0. The molecule has 0 spiro atoms. The summed E-state index contributed by atoms with van der Waals surface area (Å²) in [6.07, 6.45) is 9.19. The highest BCUT2D eigenvalue weighted by Gasteiger charge is 2.25. The topological polar surface area (TPSA) is 45.2 Å². The highest BCUT2D eigenvalue weighted by Crippen LogP contribution is 2.40. The van der Waals surface area contributed by atoms with E-state index in [9.17, 15) is 0 Å². The summed E-state index contributed by atoms with van der Waals surface area (Å²) in [5, 5.41) is 1.34. The average molecular weight is 351 g/mol. The molecule has 0 bridgehead atoms. The molecule has 25 heavy (non-hydrogen) atoms. The lowest BCUT2D eigenvalue weighted by atomic mass is 10.1. The first-order valence-electron chi connectivity index (χ1n) is 9.00. The van der Waals surface area contributed by atoms with Crippen LogP contribution < -0.4 is 4.90 Å². The Morgan fingerprint density at radius 3 is 2.68 bits per heavy atom. The van der Waals surface area contributed by atoms with Crippen LogP contribution in [0.2, 0.25) is 0 Å². The molecule has 0 aromatic carbocycles. The van der Waals surface area contributed by atoms with Gasteiger partial charge in [0.1, 0.15) is 17.0 Å². The summed E-state index contributed by atoms with van der Waals surface area (Å²) in [5.41, 5.74) is 2.86. The molecule has 0 radical (unpaired) electrons. The van der Waals surface area contributed by atoms with Crippen LogP contribution in [-0.2, 0) is 19.4 Å². The van der Waals surface area contributed by atoms with Crippen LogP contribution in [0.5, 0.6) is 0 Å². The van der Waals surface area contributed by atoms with Crippen LogP contribution >= 0.6 is 11.3 Å². The van der Waals surface area contributed by atoms with E-state index >= 15 is 0 Å². The molecule has 6 heteroatoms. The van der Waals surface area contributed by atoms with Crippen molar-refractivity contribution in [3.05, 3.63) is 46.9 Å². The summed E-state index contributed by atoms with van der Waals surface area (Å²) >= 11 is 1.87. The van der Waals surface area contributed by atoms with Crippen molar-refractivity contribution in [3.63, 3.8) is 0 Å².